The zero-order valence-corrected chi connectivity index (χ0v) is 14.9. The van der Waals surface area contributed by atoms with E-state index < -0.39 is 0 Å². The number of nitrogens with zero attached hydrogens (tertiary/aromatic N) is 2. The van der Waals surface area contributed by atoms with Crippen molar-refractivity contribution in [3.8, 4) is 0 Å². The number of halogens is 1. The van der Waals surface area contributed by atoms with E-state index in [-0.39, 0.29) is 24.0 Å². The van der Waals surface area contributed by atoms with Gasteiger partial charge >= 0.3 is 0 Å². The Balaban J connectivity index is 0.00000147. The summed E-state index contributed by atoms with van der Waals surface area (Å²) in [4.78, 5) is 9.76. The lowest BCUT2D eigenvalue weighted by Crippen LogP contribution is -2.47. The van der Waals surface area contributed by atoms with Crippen LogP contribution in [0.1, 0.15) is 29.1 Å². The fourth-order valence-corrected chi connectivity index (χ4v) is 3.55. The summed E-state index contributed by atoms with van der Waals surface area (Å²) >= 11 is 1.71. The van der Waals surface area contributed by atoms with E-state index in [0.717, 1.165) is 23.9 Å². The number of fused-ring (bicyclic) bond motifs is 2. The molecule has 1 aromatic rings. The Morgan fingerprint density at radius 1 is 1.55 bits per heavy atom. The second kappa shape index (κ2) is 7.04. The second-order valence-corrected chi connectivity index (χ2v) is 6.45. The van der Waals surface area contributed by atoms with E-state index in [1.165, 1.54) is 17.7 Å². The van der Waals surface area contributed by atoms with Crippen LogP contribution in [0, 0.1) is 6.92 Å². The molecular weight excluding hydrogens is 387 g/mol. The van der Waals surface area contributed by atoms with E-state index >= 15 is 0 Å². The Morgan fingerprint density at radius 2 is 2.40 bits per heavy atom. The highest BCUT2D eigenvalue weighted by atomic mass is 127. The second-order valence-electron chi connectivity index (χ2n) is 5.13. The van der Waals surface area contributed by atoms with Crippen LogP contribution in [0.2, 0.25) is 0 Å². The molecule has 0 aromatic carbocycles. The van der Waals surface area contributed by atoms with Crippen molar-refractivity contribution in [1.82, 2.24) is 15.6 Å². The van der Waals surface area contributed by atoms with Crippen molar-refractivity contribution < 1.29 is 4.74 Å². The first-order valence-electron chi connectivity index (χ1n) is 6.78. The van der Waals surface area contributed by atoms with Gasteiger partial charge in [-0.1, -0.05) is 0 Å². The van der Waals surface area contributed by atoms with Crippen LogP contribution < -0.4 is 10.6 Å². The molecule has 2 fully saturated rings. The monoisotopic (exact) mass is 408 g/mol. The predicted octanol–water partition coefficient (Wildman–Crippen LogP) is 2.05. The first-order chi connectivity index (χ1) is 9.24. The molecule has 2 N–H and O–H groups in total. The highest BCUT2D eigenvalue weighted by molar-refractivity contribution is 14.0. The zero-order valence-electron chi connectivity index (χ0n) is 11.8. The fourth-order valence-electron chi connectivity index (χ4n) is 2.82. The lowest BCUT2D eigenvalue weighted by atomic mass is 9.96. The maximum Gasteiger partial charge on any atom is 0.191 e. The molecule has 2 saturated heterocycles. The number of ether oxygens (including phenoxy) is 1. The van der Waals surface area contributed by atoms with Crippen LogP contribution in [0.5, 0.6) is 0 Å². The van der Waals surface area contributed by atoms with Crippen molar-refractivity contribution in [1.29, 1.82) is 0 Å². The number of hydrogen-bond donors (Lipinski definition) is 2. The molecule has 2 bridgehead atoms. The van der Waals surface area contributed by atoms with Crippen LogP contribution >= 0.6 is 35.3 Å². The maximum atomic E-state index is 5.84. The van der Waals surface area contributed by atoms with Crippen molar-refractivity contribution in [3.05, 3.63) is 16.1 Å². The van der Waals surface area contributed by atoms with Gasteiger partial charge in [0.05, 0.1) is 29.8 Å². The third-order valence-corrected chi connectivity index (χ3v) is 4.66. The molecule has 20 heavy (non-hydrogen) atoms. The van der Waals surface area contributed by atoms with Crippen LogP contribution in [0.4, 0.5) is 0 Å². The minimum absolute atomic E-state index is 0. The molecule has 3 unspecified atom stereocenters. The first kappa shape index (κ1) is 16.0. The summed E-state index contributed by atoms with van der Waals surface area (Å²) in [6.45, 7) is 2.79. The van der Waals surface area contributed by atoms with Crippen molar-refractivity contribution in [3.63, 3.8) is 0 Å². The van der Waals surface area contributed by atoms with Gasteiger partial charge in [-0.25, -0.2) is 4.98 Å². The van der Waals surface area contributed by atoms with Gasteiger partial charge in [-0.05, 0) is 26.2 Å². The largest absolute Gasteiger partial charge is 0.373 e. The number of aryl methyl sites for hydroxylation is 1. The first-order valence-corrected chi connectivity index (χ1v) is 7.60. The van der Waals surface area contributed by atoms with Crippen LogP contribution in [-0.2, 0) is 11.3 Å². The Hall–Kier alpha value is -0.410. The molecular formula is C13H21IN4OS. The average molecular weight is 408 g/mol. The highest BCUT2D eigenvalue weighted by Gasteiger charge is 2.41. The standard InChI is InChI=1S/C13H20N4OS.HI/c1-8-15-6-10(19-8)7-16-13(14-2)17-11-5-9-3-4-12(11)18-9;/h6,9,11-12H,3-5,7H2,1-2H3,(H2,14,16,17);1H. The molecule has 0 spiro atoms. The summed E-state index contributed by atoms with van der Waals surface area (Å²) in [5.41, 5.74) is 0. The zero-order chi connectivity index (χ0) is 13.2. The van der Waals surface area contributed by atoms with Gasteiger partial charge in [-0.15, -0.1) is 35.3 Å². The lowest BCUT2D eigenvalue weighted by molar-refractivity contribution is 0.0992. The summed E-state index contributed by atoms with van der Waals surface area (Å²) in [5.74, 6) is 0.854. The van der Waals surface area contributed by atoms with Crippen molar-refractivity contribution in [2.75, 3.05) is 7.05 Å². The summed E-state index contributed by atoms with van der Waals surface area (Å²) in [7, 11) is 1.81. The molecule has 1 aromatic heterocycles. The molecule has 0 amide bonds. The lowest BCUT2D eigenvalue weighted by Gasteiger charge is -2.22. The number of thiazole rings is 1. The normalized spacial score (nSPS) is 28.3. The topological polar surface area (TPSA) is 58.5 Å². The van der Waals surface area contributed by atoms with Gasteiger partial charge in [0, 0.05) is 18.1 Å². The van der Waals surface area contributed by atoms with Gasteiger partial charge in [-0.3, -0.25) is 4.99 Å². The van der Waals surface area contributed by atoms with Crippen LogP contribution in [-0.4, -0.2) is 36.2 Å². The average Bonchev–Trinajstić information content (AvgIpc) is 3.11. The number of aromatic nitrogens is 1. The molecule has 7 heteroatoms. The number of nitrogens with one attached hydrogen (secondary N) is 2. The maximum absolute atomic E-state index is 5.84. The van der Waals surface area contributed by atoms with Gasteiger partial charge in [0.25, 0.3) is 0 Å². The summed E-state index contributed by atoms with van der Waals surface area (Å²) < 4.78 is 5.84. The molecule has 0 radical (unpaired) electrons. The fraction of sp³-hybridized carbons (Fsp3) is 0.692. The summed E-state index contributed by atoms with van der Waals surface area (Å²) in [6, 6.07) is 0.410. The van der Waals surface area contributed by atoms with Crippen molar-refractivity contribution in [2.24, 2.45) is 4.99 Å². The Labute approximate surface area is 140 Å². The molecule has 2 aliphatic heterocycles. The minimum atomic E-state index is 0. The SMILES string of the molecule is CN=C(NCc1cnc(C)s1)NC1CC2CCC1O2.I. The van der Waals surface area contributed by atoms with Gasteiger partial charge in [-0.2, -0.15) is 0 Å². The number of aliphatic imine (C=N–C) groups is 1. The van der Waals surface area contributed by atoms with E-state index in [1.807, 2.05) is 13.1 Å². The number of guanidine groups is 1. The molecule has 0 saturated carbocycles. The van der Waals surface area contributed by atoms with Gasteiger partial charge in [0.15, 0.2) is 5.96 Å². The molecule has 3 heterocycles. The van der Waals surface area contributed by atoms with Crippen LogP contribution in [0.15, 0.2) is 11.2 Å². The van der Waals surface area contributed by atoms with Crippen molar-refractivity contribution >= 4 is 41.3 Å². The molecule has 3 rings (SSSR count). The third-order valence-electron chi connectivity index (χ3n) is 3.75. The van der Waals surface area contributed by atoms with E-state index in [4.69, 9.17) is 4.74 Å². The smallest absolute Gasteiger partial charge is 0.191 e. The minimum Gasteiger partial charge on any atom is -0.373 e. The highest BCUT2D eigenvalue weighted by Crippen LogP contribution is 2.34. The quantitative estimate of drug-likeness (QED) is 0.457. The van der Waals surface area contributed by atoms with Gasteiger partial charge in [0.2, 0.25) is 0 Å². The Morgan fingerprint density at radius 3 is 2.95 bits per heavy atom. The molecule has 2 aliphatic rings. The van der Waals surface area contributed by atoms with E-state index in [9.17, 15) is 0 Å². The van der Waals surface area contributed by atoms with E-state index in [2.05, 4.69) is 20.6 Å². The Bertz CT molecular complexity index is 479. The number of hydrogen-bond acceptors (Lipinski definition) is 4. The third kappa shape index (κ3) is 3.62. The summed E-state index contributed by atoms with van der Waals surface area (Å²) in [6.07, 6.45) is 6.24. The molecule has 5 nitrogen and oxygen atoms in total. The molecule has 0 aliphatic carbocycles. The van der Waals surface area contributed by atoms with Crippen LogP contribution in [0.3, 0.4) is 0 Å². The van der Waals surface area contributed by atoms with E-state index in [0.29, 0.717) is 18.2 Å². The van der Waals surface area contributed by atoms with Gasteiger partial charge in [0.1, 0.15) is 0 Å². The van der Waals surface area contributed by atoms with Crippen molar-refractivity contribution in [2.45, 2.75) is 51.0 Å². The van der Waals surface area contributed by atoms with E-state index in [1.54, 1.807) is 18.4 Å². The molecule has 112 valence electrons. The summed E-state index contributed by atoms with van der Waals surface area (Å²) in [5, 5.41) is 7.91. The van der Waals surface area contributed by atoms with Crippen LogP contribution in [0.25, 0.3) is 0 Å². The Kier molecular flexibility index (Phi) is 5.62. The number of rotatable bonds is 3. The van der Waals surface area contributed by atoms with Gasteiger partial charge < -0.3 is 15.4 Å². The molecule has 3 atom stereocenters. The predicted molar refractivity (Wildman–Crippen MR) is 91.9 cm³/mol.